The van der Waals surface area contributed by atoms with Crippen LogP contribution in [-0.2, 0) is 4.79 Å². The fourth-order valence-corrected chi connectivity index (χ4v) is 2.66. The summed E-state index contributed by atoms with van der Waals surface area (Å²) in [6.45, 7) is 3.66. The van der Waals surface area contributed by atoms with Gasteiger partial charge in [-0.1, -0.05) is 36.4 Å². The highest BCUT2D eigenvalue weighted by molar-refractivity contribution is 6.04. The van der Waals surface area contributed by atoms with Crippen LogP contribution < -0.4 is 15.4 Å². The lowest BCUT2D eigenvalue weighted by atomic mass is 10.2. The van der Waals surface area contributed by atoms with E-state index in [2.05, 4.69) is 10.6 Å². The Morgan fingerprint density at radius 2 is 1.50 bits per heavy atom. The summed E-state index contributed by atoms with van der Waals surface area (Å²) in [7, 11) is 0. The molecule has 5 heteroatoms. The largest absolute Gasteiger partial charge is 0.481 e. The summed E-state index contributed by atoms with van der Waals surface area (Å²) < 4.78 is 5.70. The van der Waals surface area contributed by atoms with Crippen molar-refractivity contribution < 1.29 is 14.3 Å². The van der Waals surface area contributed by atoms with E-state index >= 15 is 0 Å². The molecule has 0 aliphatic carbocycles. The quantitative estimate of drug-likeness (QED) is 0.660. The van der Waals surface area contributed by atoms with Gasteiger partial charge in [-0.3, -0.25) is 9.59 Å². The lowest BCUT2D eigenvalue weighted by Gasteiger charge is -2.15. The fourth-order valence-electron chi connectivity index (χ4n) is 2.66. The minimum atomic E-state index is -0.663. The van der Waals surface area contributed by atoms with Gasteiger partial charge in [-0.15, -0.1) is 0 Å². The number of benzene rings is 3. The van der Waals surface area contributed by atoms with E-state index in [-0.39, 0.29) is 11.8 Å². The molecule has 0 bridgehead atoms. The molecule has 0 fully saturated rings. The second-order valence-corrected chi connectivity index (χ2v) is 6.47. The molecule has 28 heavy (non-hydrogen) atoms. The first-order valence-corrected chi connectivity index (χ1v) is 9.02. The Hall–Kier alpha value is -3.60. The Morgan fingerprint density at radius 1 is 0.821 bits per heavy atom. The second kappa shape index (κ2) is 8.86. The van der Waals surface area contributed by atoms with Crippen LogP contribution in [0.4, 0.5) is 11.4 Å². The van der Waals surface area contributed by atoms with E-state index in [0.717, 1.165) is 5.56 Å². The maximum Gasteiger partial charge on any atom is 0.265 e. The van der Waals surface area contributed by atoms with Gasteiger partial charge in [0.2, 0.25) is 0 Å². The highest BCUT2D eigenvalue weighted by atomic mass is 16.5. The predicted molar refractivity (Wildman–Crippen MR) is 111 cm³/mol. The third-order valence-electron chi connectivity index (χ3n) is 4.10. The highest BCUT2D eigenvalue weighted by Crippen LogP contribution is 2.18. The summed E-state index contributed by atoms with van der Waals surface area (Å²) in [5.74, 6) is 0.166. The van der Waals surface area contributed by atoms with Crippen LogP contribution in [0.1, 0.15) is 22.8 Å². The van der Waals surface area contributed by atoms with E-state index in [0.29, 0.717) is 22.7 Å². The smallest absolute Gasteiger partial charge is 0.265 e. The van der Waals surface area contributed by atoms with Gasteiger partial charge in [0, 0.05) is 16.9 Å². The summed E-state index contributed by atoms with van der Waals surface area (Å²) in [6.07, 6.45) is -0.663. The Morgan fingerprint density at radius 3 is 2.21 bits per heavy atom. The van der Waals surface area contributed by atoms with Crippen LogP contribution >= 0.6 is 0 Å². The average Bonchev–Trinajstić information content (AvgIpc) is 2.69. The van der Waals surface area contributed by atoms with E-state index in [1.165, 1.54) is 0 Å². The minimum Gasteiger partial charge on any atom is -0.481 e. The van der Waals surface area contributed by atoms with Crippen molar-refractivity contribution in [3.8, 4) is 5.75 Å². The van der Waals surface area contributed by atoms with Gasteiger partial charge < -0.3 is 15.4 Å². The molecule has 0 aromatic heterocycles. The number of rotatable bonds is 6. The molecule has 2 amide bonds. The number of nitrogens with one attached hydrogen (secondary N) is 2. The molecule has 0 radical (unpaired) electrons. The van der Waals surface area contributed by atoms with Crippen molar-refractivity contribution in [2.75, 3.05) is 10.6 Å². The molecular weight excluding hydrogens is 352 g/mol. The average molecular weight is 374 g/mol. The number of anilines is 2. The van der Waals surface area contributed by atoms with E-state index in [1.54, 1.807) is 55.5 Å². The van der Waals surface area contributed by atoms with Crippen molar-refractivity contribution in [2.24, 2.45) is 0 Å². The van der Waals surface area contributed by atoms with E-state index in [1.807, 2.05) is 37.3 Å². The topological polar surface area (TPSA) is 67.4 Å². The Bertz CT molecular complexity index is 970. The molecule has 142 valence electrons. The van der Waals surface area contributed by atoms with E-state index < -0.39 is 6.10 Å². The summed E-state index contributed by atoms with van der Waals surface area (Å²) >= 11 is 0. The molecule has 3 aromatic carbocycles. The first kappa shape index (κ1) is 19.2. The molecule has 1 atom stereocenters. The summed E-state index contributed by atoms with van der Waals surface area (Å²) in [5.41, 5.74) is 2.80. The molecular formula is C23H22N2O3. The van der Waals surface area contributed by atoms with Gasteiger partial charge in [0.05, 0.1) is 0 Å². The zero-order valence-corrected chi connectivity index (χ0v) is 15.8. The monoisotopic (exact) mass is 374 g/mol. The molecule has 0 aliphatic heterocycles. The molecule has 0 saturated heterocycles. The first-order chi connectivity index (χ1) is 13.5. The normalized spacial score (nSPS) is 11.4. The SMILES string of the molecule is Cc1cccc(OC(C)C(=O)Nc2cccc(NC(=O)c3ccccc3)c2)c1. The summed E-state index contributed by atoms with van der Waals surface area (Å²) in [4.78, 5) is 24.7. The summed E-state index contributed by atoms with van der Waals surface area (Å²) in [6, 6.07) is 23.5. The molecule has 0 spiro atoms. The molecule has 5 nitrogen and oxygen atoms in total. The molecule has 0 saturated carbocycles. The maximum absolute atomic E-state index is 12.4. The van der Waals surface area contributed by atoms with Crippen LogP contribution in [-0.4, -0.2) is 17.9 Å². The zero-order chi connectivity index (χ0) is 19.9. The molecule has 3 aromatic rings. The first-order valence-electron chi connectivity index (χ1n) is 9.02. The van der Waals surface area contributed by atoms with Crippen LogP contribution in [0.15, 0.2) is 78.9 Å². The summed E-state index contributed by atoms with van der Waals surface area (Å²) in [5, 5.41) is 5.64. The molecule has 2 N–H and O–H groups in total. The number of amides is 2. The number of aryl methyl sites for hydroxylation is 1. The third-order valence-corrected chi connectivity index (χ3v) is 4.10. The Labute approximate surface area is 164 Å². The van der Waals surface area contributed by atoms with Gasteiger partial charge in [0.25, 0.3) is 11.8 Å². The van der Waals surface area contributed by atoms with E-state index in [4.69, 9.17) is 4.74 Å². The van der Waals surface area contributed by atoms with Crippen molar-refractivity contribution in [1.82, 2.24) is 0 Å². The van der Waals surface area contributed by atoms with Gasteiger partial charge in [-0.25, -0.2) is 0 Å². The van der Waals surface area contributed by atoms with Crippen LogP contribution in [0.5, 0.6) is 5.75 Å². The third kappa shape index (κ3) is 5.20. The van der Waals surface area contributed by atoms with Gasteiger partial charge in [0.15, 0.2) is 6.10 Å². The fraction of sp³-hybridized carbons (Fsp3) is 0.130. The number of carbonyl (C=O) groups excluding carboxylic acids is 2. The second-order valence-electron chi connectivity index (χ2n) is 6.47. The van der Waals surface area contributed by atoms with Crippen LogP contribution in [0, 0.1) is 6.92 Å². The number of ether oxygens (including phenoxy) is 1. The number of hydrogen-bond acceptors (Lipinski definition) is 3. The van der Waals surface area contributed by atoms with Gasteiger partial charge in [-0.2, -0.15) is 0 Å². The highest BCUT2D eigenvalue weighted by Gasteiger charge is 2.15. The van der Waals surface area contributed by atoms with E-state index in [9.17, 15) is 9.59 Å². The van der Waals surface area contributed by atoms with Crippen molar-refractivity contribution in [3.05, 3.63) is 90.0 Å². The van der Waals surface area contributed by atoms with Crippen LogP contribution in [0.2, 0.25) is 0 Å². The Kier molecular flexibility index (Phi) is 6.07. The van der Waals surface area contributed by atoms with Crippen molar-refractivity contribution in [3.63, 3.8) is 0 Å². The minimum absolute atomic E-state index is 0.208. The number of carbonyl (C=O) groups is 2. The Balaban J connectivity index is 1.62. The van der Waals surface area contributed by atoms with Gasteiger partial charge >= 0.3 is 0 Å². The zero-order valence-electron chi connectivity index (χ0n) is 15.8. The lowest BCUT2D eigenvalue weighted by Crippen LogP contribution is -2.30. The molecule has 0 aliphatic rings. The molecule has 3 rings (SSSR count). The maximum atomic E-state index is 12.4. The standard InChI is InChI=1S/C23H22N2O3/c1-16-8-6-13-21(14-16)28-17(2)22(26)24-19-11-7-12-20(15-19)25-23(27)18-9-4-3-5-10-18/h3-15,17H,1-2H3,(H,24,26)(H,25,27). The molecule has 1 unspecified atom stereocenters. The van der Waals surface area contributed by atoms with Crippen molar-refractivity contribution in [2.45, 2.75) is 20.0 Å². The van der Waals surface area contributed by atoms with Crippen molar-refractivity contribution >= 4 is 23.2 Å². The van der Waals surface area contributed by atoms with Crippen molar-refractivity contribution in [1.29, 1.82) is 0 Å². The van der Waals surface area contributed by atoms with Gasteiger partial charge in [0.1, 0.15) is 5.75 Å². The van der Waals surface area contributed by atoms with Gasteiger partial charge in [-0.05, 0) is 61.9 Å². The van der Waals surface area contributed by atoms with Crippen LogP contribution in [0.25, 0.3) is 0 Å². The number of hydrogen-bond donors (Lipinski definition) is 2. The lowest BCUT2D eigenvalue weighted by molar-refractivity contribution is -0.122. The molecule has 0 heterocycles. The predicted octanol–water partition coefficient (Wildman–Crippen LogP) is 4.65. The van der Waals surface area contributed by atoms with Crippen LogP contribution in [0.3, 0.4) is 0 Å².